The third-order valence-corrected chi connectivity index (χ3v) is 4.19. The number of para-hydroxylation sites is 1. The largest absolute Gasteiger partial charge is 0.490 e. The van der Waals surface area contributed by atoms with Crippen LogP contribution in [0.25, 0.3) is 6.08 Å². The first-order valence-corrected chi connectivity index (χ1v) is 9.94. The summed E-state index contributed by atoms with van der Waals surface area (Å²) >= 11 is 3.47. The summed E-state index contributed by atoms with van der Waals surface area (Å²) < 4.78 is 22.7. The Morgan fingerprint density at radius 1 is 1.07 bits per heavy atom. The van der Waals surface area contributed by atoms with Gasteiger partial charge in [0.1, 0.15) is 30.6 Å². The molecule has 0 aliphatic carbocycles. The fourth-order valence-electron chi connectivity index (χ4n) is 2.41. The van der Waals surface area contributed by atoms with E-state index in [4.69, 9.17) is 18.9 Å². The maximum Gasteiger partial charge on any atom is 0.348 e. The van der Waals surface area contributed by atoms with Crippen LogP contribution in [0.2, 0.25) is 0 Å². The monoisotopic (exact) mass is 459 g/mol. The van der Waals surface area contributed by atoms with E-state index in [1.165, 1.54) is 6.08 Å². The molecular formula is C22H22BrNO5. The second-order valence-corrected chi connectivity index (χ2v) is 6.52. The Morgan fingerprint density at radius 2 is 1.79 bits per heavy atom. The molecule has 0 N–H and O–H groups in total. The Morgan fingerprint density at radius 3 is 2.45 bits per heavy atom. The number of esters is 1. The summed E-state index contributed by atoms with van der Waals surface area (Å²) in [7, 11) is 0. The Labute approximate surface area is 178 Å². The highest BCUT2D eigenvalue weighted by atomic mass is 79.9. The number of nitrogens with zero attached hydrogens (tertiary/aromatic N) is 1. The molecule has 0 heterocycles. The van der Waals surface area contributed by atoms with Crippen molar-refractivity contribution in [3.8, 4) is 23.3 Å². The zero-order valence-electron chi connectivity index (χ0n) is 16.3. The van der Waals surface area contributed by atoms with Gasteiger partial charge in [0.25, 0.3) is 0 Å². The zero-order chi connectivity index (χ0) is 21.1. The van der Waals surface area contributed by atoms with Crippen LogP contribution < -0.4 is 14.2 Å². The van der Waals surface area contributed by atoms with Gasteiger partial charge >= 0.3 is 5.97 Å². The van der Waals surface area contributed by atoms with Gasteiger partial charge < -0.3 is 18.9 Å². The number of hydrogen-bond acceptors (Lipinski definition) is 6. The molecule has 0 radical (unpaired) electrons. The van der Waals surface area contributed by atoms with Crippen LogP contribution in [-0.2, 0) is 9.53 Å². The number of ether oxygens (including phenoxy) is 4. The van der Waals surface area contributed by atoms with E-state index in [0.29, 0.717) is 41.4 Å². The van der Waals surface area contributed by atoms with Crippen LogP contribution in [-0.4, -0.2) is 32.4 Å². The predicted octanol–water partition coefficient (Wildman–Crippen LogP) is 4.78. The second kappa shape index (κ2) is 11.8. The molecule has 6 nitrogen and oxygen atoms in total. The van der Waals surface area contributed by atoms with Crippen molar-refractivity contribution in [1.82, 2.24) is 0 Å². The highest BCUT2D eigenvalue weighted by Gasteiger charge is 2.15. The van der Waals surface area contributed by atoms with Gasteiger partial charge in [0.2, 0.25) is 0 Å². The molecule has 2 rings (SSSR count). The molecule has 29 heavy (non-hydrogen) atoms. The standard InChI is InChI=1S/C22H22BrNO5/c1-3-26-20-14-16(12-17(15-24)22(25)27-4-2)13-19(23)21(20)29-11-10-28-18-8-6-5-7-9-18/h5-9,12-14H,3-4,10-11H2,1-2H3. The highest BCUT2D eigenvalue weighted by Crippen LogP contribution is 2.37. The smallest absolute Gasteiger partial charge is 0.348 e. The van der Waals surface area contributed by atoms with E-state index in [1.807, 2.05) is 43.3 Å². The zero-order valence-corrected chi connectivity index (χ0v) is 17.9. The van der Waals surface area contributed by atoms with Gasteiger partial charge in [-0.2, -0.15) is 5.26 Å². The van der Waals surface area contributed by atoms with E-state index in [9.17, 15) is 10.1 Å². The molecule has 0 saturated carbocycles. The maximum absolute atomic E-state index is 11.8. The Balaban J connectivity index is 2.14. The minimum Gasteiger partial charge on any atom is -0.490 e. The molecule has 0 unspecified atom stereocenters. The average Bonchev–Trinajstić information content (AvgIpc) is 2.72. The Hall–Kier alpha value is -2.98. The van der Waals surface area contributed by atoms with Crippen molar-refractivity contribution in [2.45, 2.75) is 13.8 Å². The molecule has 152 valence electrons. The van der Waals surface area contributed by atoms with Crippen LogP contribution >= 0.6 is 15.9 Å². The van der Waals surface area contributed by atoms with E-state index in [2.05, 4.69) is 15.9 Å². The molecule has 2 aromatic carbocycles. The molecule has 2 aromatic rings. The normalized spacial score (nSPS) is 10.8. The number of carbonyl (C=O) groups is 1. The van der Waals surface area contributed by atoms with Gasteiger partial charge in [0.05, 0.1) is 17.7 Å². The van der Waals surface area contributed by atoms with Crippen molar-refractivity contribution in [2.24, 2.45) is 0 Å². The van der Waals surface area contributed by atoms with Crippen molar-refractivity contribution >= 4 is 28.0 Å². The van der Waals surface area contributed by atoms with Crippen molar-refractivity contribution in [2.75, 3.05) is 26.4 Å². The number of carbonyl (C=O) groups excluding carboxylic acids is 1. The molecule has 0 spiro atoms. The molecule has 0 bridgehead atoms. The van der Waals surface area contributed by atoms with Crippen molar-refractivity contribution in [3.63, 3.8) is 0 Å². The lowest BCUT2D eigenvalue weighted by molar-refractivity contribution is -0.137. The van der Waals surface area contributed by atoms with Crippen LogP contribution in [0.4, 0.5) is 0 Å². The number of rotatable bonds is 10. The van der Waals surface area contributed by atoms with Gasteiger partial charge in [-0.3, -0.25) is 0 Å². The van der Waals surface area contributed by atoms with Gasteiger partial charge in [-0.25, -0.2) is 4.79 Å². The van der Waals surface area contributed by atoms with E-state index in [0.717, 1.165) is 5.75 Å². The minimum atomic E-state index is -0.664. The molecule has 0 aliphatic rings. The van der Waals surface area contributed by atoms with Crippen LogP contribution in [0, 0.1) is 11.3 Å². The summed E-state index contributed by atoms with van der Waals surface area (Å²) in [5.74, 6) is 1.12. The quantitative estimate of drug-likeness (QED) is 0.220. The summed E-state index contributed by atoms with van der Waals surface area (Å²) in [4.78, 5) is 11.8. The molecule has 0 atom stereocenters. The topological polar surface area (TPSA) is 77.8 Å². The minimum absolute atomic E-state index is 0.0915. The first kappa shape index (κ1) is 22.3. The number of benzene rings is 2. The third-order valence-electron chi connectivity index (χ3n) is 3.60. The Kier molecular flexibility index (Phi) is 9.06. The van der Waals surface area contributed by atoms with E-state index in [-0.39, 0.29) is 12.2 Å². The van der Waals surface area contributed by atoms with Crippen molar-refractivity contribution in [3.05, 3.63) is 58.1 Å². The summed E-state index contributed by atoms with van der Waals surface area (Å²) in [6.45, 7) is 4.85. The lowest BCUT2D eigenvalue weighted by atomic mass is 10.1. The van der Waals surface area contributed by atoms with Crippen LogP contribution in [0.1, 0.15) is 19.4 Å². The third kappa shape index (κ3) is 6.84. The second-order valence-electron chi connectivity index (χ2n) is 5.66. The van der Waals surface area contributed by atoms with Crippen LogP contribution in [0.3, 0.4) is 0 Å². The van der Waals surface area contributed by atoms with Crippen LogP contribution in [0.15, 0.2) is 52.5 Å². The SMILES string of the molecule is CCOC(=O)C(C#N)=Cc1cc(Br)c(OCCOc2ccccc2)c(OCC)c1. The van der Waals surface area contributed by atoms with E-state index >= 15 is 0 Å². The molecule has 7 heteroatoms. The molecule has 0 aliphatic heterocycles. The number of halogens is 1. The van der Waals surface area contributed by atoms with Gasteiger partial charge in [0.15, 0.2) is 11.5 Å². The summed E-state index contributed by atoms with van der Waals surface area (Å²) in [5, 5.41) is 9.22. The maximum atomic E-state index is 11.8. The fraction of sp³-hybridized carbons (Fsp3) is 0.273. The predicted molar refractivity (Wildman–Crippen MR) is 113 cm³/mol. The molecule has 0 aromatic heterocycles. The molecule has 0 fully saturated rings. The summed E-state index contributed by atoms with van der Waals surface area (Å²) in [6, 6.07) is 14.8. The first-order chi connectivity index (χ1) is 14.1. The molecule has 0 amide bonds. The van der Waals surface area contributed by atoms with Crippen molar-refractivity contribution in [1.29, 1.82) is 5.26 Å². The summed E-state index contributed by atoms with van der Waals surface area (Å²) in [5.41, 5.74) is 0.518. The van der Waals surface area contributed by atoms with Gasteiger partial charge in [-0.1, -0.05) is 18.2 Å². The lowest BCUT2D eigenvalue weighted by Crippen LogP contribution is -2.10. The van der Waals surface area contributed by atoms with Gasteiger partial charge in [-0.05, 0) is 65.7 Å². The molecular weight excluding hydrogens is 438 g/mol. The van der Waals surface area contributed by atoms with Gasteiger partial charge in [-0.15, -0.1) is 0 Å². The highest BCUT2D eigenvalue weighted by molar-refractivity contribution is 9.10. The number of hydrogen-bond donors (Lipinski definition) is 0. The first-order valence-electron chi connectivity index (χ1n) is 9.14. The molecule has 0 saturated heterocycles. The van der Waals surface area contributed by atoms with Crippen molar-refractivity contribution < 1.29 is 23.7 Å². The fourth-order valence-corrected chi connectivity index (χ4v) is 2.98. The number of nitriles is 1. The van der Waals surface area contributed by atoms with Crippen LogP contribution in [0.5, 0.6) is 17.2 Å². The average molecular weight is 460 g/mol. The van der Waals surface area contributed by atoms with E-state index in [1.54, 1.807) is 19.1 Å². The lowest BCUT2D eigenvalue weighted by Gasteiger charge is -2.15. The summed E-state index contributed by atoms with van der Waals surface area (Å²) in [6.07, 6.45) is 1.45. The Bertz CT molecular complexity index is 890. The van der Waals surface area contributed by atoms with E-state index < -0.39 is 5.97 Å². The van der Waals surface area contributed by atoms with Gasteiger partial charge in [0, 0.05) is 0 Å².